The van der Waals surface area contributed by atoms with Gasteiger partial charge in [0.05, 0.1) is 4.90 Å². The van der Waals surface area contributed by atoms with Gasteiger partial charge in [-0.3, -0.25) is 0 Å². The van der Waals surface area contributed by atoms with Gasteiger partial charge in [0.1, 0.15) is 11.7 Å². The molecule has 1 aliphatic rings. The molecule has 0 bridgehead atoms. The normalized spacial score (nSPS) is 14.1. The number of ether oxygens (including phenoxy) is 1. The molecule has 0 aliphatic carbocycles. The first-order valence-corrected chi connectivity index (χ1v) is 4.97. The smallest absolute Gasteiger partial charge is 0.138 e. The Kier molecular flexibility index (Phi) is 2.23. The Balaban J connectivity index is 2.26. The van der Waals surface area contributed by atoms with Gasteiger partial charge in [0.25, 0.3) is 0 Å². The second-order valence-corrected chi connectivity index (χ2v) is 3.69. The van der Waals surface area contributed by atoms with Crippen LogP contribution in [0.3, 0.4) is 0 Å². The third-order valence-electron chi connectivity index (χ3n) is 1.87. The largest absolute Gasteiger partial charge is 0.481 e. The van der Waals surface area contributed by atoms with Crippen molar-refractivity contribution in [1.82, 2.24) is 0 Å². The second-order valence-electron chi connectivity index (χ2n) is 2.73. The van der Waals surface area contributed by atoms with E-state index in [2.05, 4.69) is 12.1 Å². The highest BCUT2D eigenvalue weighted by atomic mass is 32.2. The Morgan fingerprint density at radius 3 is 3.25 bits per heavy atom. The minimum absolute atomic E-state index is 0.713. The number of nitrogens with two attached hydrogens (primary N) is 1. The summed E-state index contributed by atoms with van der Waals surface area (Å²) in [6, 6.07) is 6.28. The molecule has 12 heavy (non-hydrogen) atoms. The van der Waals surface area contributed by atoms with E-state index in [0.29, 0.717) is 6.54 Å². The summed E-state index contributed by atoms with van der Waals surface area (Å²) < 4.78 is 5.36. The molecule has 2 N–H and O–H groups in total. The van der Waals surface area contributed by atoms with E-state index < -0.39 is 0 Å². The predicted octanol–water partition coefficient (Wildman–Crippen LogP) is 1.63. The fourth-order valence-electron chi connectivity index (χ4n) is 1.26. The minimum Gasteiger partial charge on any atom is -0.481 e. The molecule has 0 saturated carbocycles. The number of rotatable bonds is 2. The summed E-state index contributed by atoms with van der Waals surface area (Å²) in [6.07, 6.45) is 0.952. The fourth-order valence-corrected chi connectivity index (χ4v) is 2.08. The van der Waals surface area contributed by atoms with Crippen molar-refractivity contribution in [2.45, 2.75) is 11.3 Å². The third-order valence-corrected chi connectivity index (χ3v) is 2.74. The minimum atomic E-state index is 0.713. The average molecular weight is 181 g/mol. The van der Waals surface area contributed by atoms with Gasteiger partial charge in [-0.15, -0.1) is 0 Å². The summed E-state index contributed by atoms with van der Waals surface area (Å²) in [5, 5.41) is 0. The molecule has 0 spiro atoms. The van der Waals surface area contributed by atoms with Crippen LogP contribution in [0, 0.1) is 0 Å². The summed E-state index contributed by atoms with van der Waals surface area (Å²) in [4.78, 5) is 1.25. The van der Waals surface area contributed by atoms with Gasteiger partial charge in [0.2, 0.25) is 0 Å². The predicted molar refractivity (Wildman–Crippen MR) is 50.6 cm³/mol. The molecule has 0 radical (unpaired) electrons. The van der Waals surface area contributed by atoms with Crippen LogP contribution in [0.15, 0.2) is 23.1 Å². The van der Waals surface area contributed by atoms with E-state index in [1.165, 1.54) is 10.5 Å². The van der Waals surface area contributed by atoms with Crippen LogP contribution in [0.4, 0.5) is 0 Å². The van der Waals surface area contributed by atoms with Crippen molar-refractivity contribution < 1.29 is 4.74 Å². The van der Waals surface area contributed by atoms with Crippen LogP contribution in [0.2, 0.25) is 0 Å². The Labute approximate surface area is 76.1 Å². The molecule has 3 heteroatoms. The number of hydrogen-bond acceptors (Lipinski definition) is 3. The molecule has 1 aromatic carbocycles. The summed E-state index contributed by atoms with van der Waals surface area (Å²) in [6.45, 7) is 0.713. The van der Waals surface area contributed by atoms with Gasteiger partial charge in [-0.25, -0.2) is 0 Å². The lowest BCUT2D eigenvalue weighted by Crippen LogP contribution is -2.02. The average Bonchev–Trinajstić information content (AvgIpc) is 2.51. The summed E-state index contributed by atoms with van der Waals surface area (Å²) >= 11 is 1.74. The maximum Gasteiger partial charge on any atom is 0.138 e. The van der Waals surface area contributed by atoms with Crippen molar-refractivity contribution in [2.75, 3.05) is 12.5 Å². The molecule has 64 valence electrons. The molecule has 2 rings (SSSR count). The van der Waals surface area contributed by atoms with Crippen LogP contribution >= 0.6 is 11.8 Å². The Bertz CT molecular complexity index is 288. The second kappa shape index (κ2) is 3.37. The summed E-state index contributed by atoms with van der Waals surface area (Å²) in [5.74, 6) is 1.77. The van der Waals surface area contributed by atoms with Crippen LogP contribution < -0.4 is 10.5 Å². The molecule has 0 unspecified atom stereocenters. The van der Waals surface area contributed by atoms with Crippen molar-refractivity contribution in [3.63, 3.8) is 0 Å². The molecule has 0 saturated heterocycles. The number of hydrogen-bond donors (Lipinski definition) is 1. The van der Waals surface area contributed by atoms with Gasteiger partial charge >= 0.3 is 0 Å². The fraction of sp³-hybridized carbons (Fsp3) is 0.333. The lowest BCUT2D eigenvalue weighted by molar-refractivity contribution is 0.397. The first-order valence-electron chi connectivity index (χ1n) is 3.99. The molecule has 0 fully saturated rings. The van der Waals surface area contributed by atoms with Crippen LogP contribution in [-0.2, 0) is 6.42 Å². The van der Waals surface area contributed by atoms with Gasteiger partial charge < -0.3 is 10.5 Å². The van der Waals surface area contributed by atoms with Crippen molar-refractivity contribution in [1.29, 1.82) is 0 Å². The van der Waals surface area contributed by atoms with Crippen LogP contribution in [0.5, 0.6) is 5.75 Å². The maximum atomic E-state index is 5.47. The van der Waals surface area contributed by atoms with E-state index in [9.17, 15) is 0 Å². The lowest BCUT2D eigenvalue weighted by atomic mass is 10.1. The van der Waals surface area contributed by atoms with Crippen molar-refractivity contribution in [3.05, 3.63) is 23.8 Å². The molecule has 1 heterocycles. The first kappa shape index (κ1) is 7.95. The van der Waals surface area contributed by atoms with E-state index in [1.54, 1.807) is 11.8 Å². The Morgan fingerprint density at radius 1 is 1.50 bits per heavy atom. The molecule has 0 aromatic heterocycles. The van der Waals surface area contributed by atoms with E-state index in [4.69, 9.17) is 10.5 Å². The SMILES string of the molecule is NCCc1ccc2c(c1)SCO2. The maximum absolute atomic E-state index is 5.47. The van der Waals surface area contributed by atoms with E-state index in [-0.39, 0.29) is 0 Å². The molecular weight excluding hydrogens is 170 g/mol. The molecule has 1 aromatic rings. The van der Waals surface area contributed by atoms with Gasteiger partial charge in [0, 0.05) is 0 Å². The van der Waals surface area contributed by atoms with Crippen LogP contribution in [0.1, 0.15) is 5.56 Å². The van der Waals surface area contributed by atoms with Crippen molar-refractivity contribution in [3.8, 4) is 5.75 Å². The number of benzene rings is 1. The number of fused-ring (bicyclic) bond motifs is 1. The van der Waals surface area contributed by atoms with Crippen LogP contribution in [0.25, 0.3) is 0 Å². The zero-order chi connectivity index (χ0) is 8.39. The van der Waals surface area contributed by atoms with E-state index in [0.717, 1.165) is 18.1 Å². The van der Waals surface area contributed by atoms with Gasteiger partial charge in [-0.2, -0.15) is 0 Å². The molecule has 0 amide bonds. The van der Waals surface area contributed by atoms with Gasteiger partial charge in [-0.1, -0.05) is 17.8 Å². The standard InChI is InChI=1S/C9H11NOS/c10-4-3-7-1-2-8-9(5-7)12-6-11-8/h1-2,5H,3-4,6,10H2. The summed E-state index contributed by atoms with van der Waals surface area (Å²) in [7, 11) is 0. The molecule has 1 aliphatic heterocycles. The highest BCUT2D eigenvalue weighted by Gasteiger charge is 2.11. The number of thioether (sulfide) groups is 1. The van der Waals surface area contributed by atoms with Gasteiger partial charge in [0.15, 0.2) is 0 Å². The van der Waals surface area contributed by atoms with Crippen LogP contribution in [-0.4, -0.2) is 12.5 Å². The van der Waals surface area contributed by atoms with E-state index in [1.807, 2.05) is 6.07 Å². The lowest BCUT2D eigenvalue weighted by Gasteiger charge is -2.00. The topological polar surface area (TPSA) is 35.2 Å². The first-order chi connectivity index (χ1) is 5.90. The quantitative estimate of drug-likeness (QED) is 0.753. The molecule has 0 atom stereocenters. The Hall–Kier alpha value is -0.670. The molecule has 2 nitrogen and oxygen atoms in total. The third kappa shape index (κ3) is 1.42. The van der Waals surface area contributed by atoms with Gasteiger partial charge in [-0.05, 0) is 30.7 Å². The van der Waals surface area contributed by atoms with Crippen molar-refractivity contribution >= 4 is 11.8 Å². The summed E-state index contributed by atoms with van der Waals surface area (Å²) in [5.41, 5.74) is 6.77. The highest BCUT2D eigenvalue weighted by molar-refractivity contribution is 7.99. The zero-order valence-electron chi connectivity index (χ0n) is 6.75. The molecular formula is C9H11NOS. The van der Waals surface area contributed by atoms with E-state index >= 15 is 0 Å². The monoisotopic (exact) mass is 181 g/mol. The van der Waals surface area contributed by atoms with Crippen molar-refractivity contribution in [2.24, 2.45) is 5.73 Å². The Morgan fingerprint density at radius 2 is 2.42 bits per heavy atom. The highest BCUT2D eigenvalue weighted by Crippen LogP contribution is 2.36. The zero-order valence-corrected chi connectivity index (χ0v) is 7.56.